The van der Waals surface area contributed by atoms with E-state index < -0.39 is 0 Å². The quantitative estimate of drug-likeness (QED) is 0.609. The van der Waals surface area contributed by atoms with Crippen LogP contribution in [0, 0.1) is 0 Å². The van der Waals surface area contributed by atoms with Crippen LogP contribution in [0.4, 0.5) is 5.82 Å². The molecule has 0 unspecified atom stereocenters. The second kappa shape index (κ2) is 2.69. The van der Waals surface area contributed by atoms with Gasteiger partial charge in [-0.25, -0.2) is 4.98 Å². The first-order chi connectivity index (χ1) is 6.20. The molecule has 0 atom stereocenters. The topological polar surface area (TPSA) is 42.0 Å². The van der Waals surface area contributed by atoms with Crippen LogP contribution in [-0.2, 0) is 4.79 Å². The van der Waals surface area contributed by atoms with Gasteiger partial charge in [0.25, 0.3) is 5.91 Å². The van der Waals surface area contributed by atoms with Gasteiger partial charge in [-0.1, -0.05) is 5.57 Å². The first-order valence-electron chi connectivity index (χ1n) is 4.14. The number of allylic oxidation sites excluding steroid dienone is 1. The number of pyridine rings is 1. The van der Waals surface area contributed by atoms with Gasteiger partial charge < -0.3 is 5.32 Å². The largest absolute Gasteiger partial charge is 0.306 e. The van der Waals surface area contributed by atoms with E-state index in [0.717, 1.165) is 16.7 Å². The van der Waals surface area contributed by atoms with Gasteiger partial charge in [-0.3, -0.25) is 4.79 Å². The highest BCUT2D eigenvalue weighted by molar-refractivity contribution is 6.31. The minimum atomic E-state index is -0.0475. The van der Waals surface area contributed by atoms with E-state index in [0.29, 0.717) is 5.82 Å². The van der Waals surface area contributed by atoms with Crippen LogP contribution in [0.1, 0.15) is 19.4 Å². The number of hydrogen-bond acceptors (Lipinski definition) is 2. The Bertz CT molecular complexity index is 403. The number of nitrogens with zero attached hydrogens (tertiary/aromatic N) is 1. The number of carbonyl (C=O) groups is 1. The van der Waals surface area contributed by atoms with Gasteiger partial charge in [0, 0.05) is 17.3 Å². The summed E-state index contributed by atoms with van der Waals surface area (Å²) in [6.07, 6.45) is 1.67. The zero-order valence-electron chi connectivity index (χ0n) is 7.59. The van der Waals surface area contributed by atoms with Crippen LogP contribution in [0.25, 0.3) is 5.57 Å². The van der Waals surface area contributed by atoms with Crippen molar-refractivity contribution in [2.45, 2.75) is 13.8 Å². The van der Waals surface area contributed by atoms with Crippen LogP contribution in [-0.4, -0.2) is 10.9 Å². The SMILES string of the molecule is CC(C)=C1C(=O)Nc2ncccc21. The summed E-state index contributed by atoms with van der Waals surface area (Å²) in [6, 6.07) is 3.74. The number of anilines is 1. The Labute approximate surface area is 76.5 Å². The summed E-state index contributed by atoms with van der Waals surface area (Å²) in [7, 11) is 0. The van der Waals surface area contributed by atoms with E-state index in [2.05, 4.69) is 10.3 Å². The normalized spacial score (nSPS) is 14.0. The minimum Gasteiger partial charge on any atom is -0.306 e. The second-order valence-corrected chi connectivity index (χ2v) is 3.23. The second-order valence-electron chi connectivity index (χ2n) is 3.23. The molecule has 0 aliphatic carbocycles. The molecular weight excluding hydrogens is 164 g/mol. The van der Waals surface area contributed by atoms with Crippen LogP contribution in [0.2, 0.25) is 0 Å². The number of amides is 1. The lowest BCUT2D eigenvalue weighted by atomic mass is 10.1. The van der Waals surface area contributed by atoms with Gasteiger partial charge in [0.2, 0.25) is 0 Å². The molecule has 0 saturated heterocycles. The van der Waals surface area contributed by atoms with Gasteiger partial charge in [-0.05, 0) is 26.0 Å². The maximum absolute atomic E-state index is 11.5. The summed E-state index contributed by atoms with van der Waals surface area (Å²) in [6.45, 7) is 3.86. The van der Waals surface area contributed by atoms with Crippen LogP contribution in [0.15, 0.2) is 23.9 Å². The summed E-state index contributed by atoms with van der Waals surface area (Å²) in [5.74, 6) is 0.623. The van der Waals surface area contributed by atoms with Crippen molar-refractivity contribution in [3.05, 3.63) is 29.5 Å². The zero-order valence-corrected chi connectivity index (χ0v) is 7.59. The Morgan fingerprint density at radius 1 is 1.46 bits per heavy atom. The molecule has 0 spiro atoms. The molecule has 66 valence electrons. The van der Waals surface area contributed by atoms with Crippen molar-refractivity contribution in [2.75, 3.05) is 5.32 Å². The molecule has 1 N–H and O–H groups in total. The molecule has 2 rings (SSSR count). The van der Waals surface area contributed by atoms with E-state index in [4.69, 9.17) is 0 Å². The molecule has 1 aliphatic heterocycles. The molecule has 0 bridgehead atoms. The molecule has 0 aromatic carbocycles. The maximum atomic E-state index is 11.5. The lowest BCUT2D eigenvalue weighted by molar-refractivity contribution is -0.110. The summed E-state index contributed by atoms with van der Waals surface area (Å²) in [4.78, 5) is 15.5. The predicted octanol–water partition coefficient (Wildman–Crippen LogP) is 1.83. The number of hydrogen-bond donors (Lipinski definition) is 1. The van der Waals surface area contributed by atoms with Crippen molar-refractivity contribution in [1.82, 2.24) is 4.98 Å². The Balaban J connectivity index is 2.67. The van der Waals surface area contributed by atoms with E-state index in [9.17, 15) is 4.79 Å². The van der Waals surface area contributed by atoms with E-state index in [1.165, 1.54) is 0 Å². The average Bonchev–Trinajstić information content (AvgIpc) is 2.39. The Morgan fingerprint density at radius 2 is 2.23 bits per heavy atom. The van der Waals surface area contributed by atoms with Crippen molar-refractivity contribution < 1.29 is 4.79 Å². The number of fused-ring (bicyclic) bond motifs is 1. The Kier molecular flexibility index (Phi) is 1.65. The molecule has 1 aromatic heterocycles. The van der Waals surface area contributed by atoms with Gasteiger partial charge in [0.05, 0.1) is 0 Å². The van der Waals surface area contributed by atoms with Gasteiger partial charge in [-0.15, -0.1) is 0 Å². The molecule has 0 fully saturated rings. The molecule has 0 saturated carbocycles. The molecule has 1 aliphatic rings. The van der Waals surface area contributed by atoms with Crippen molar-refractivity contribution in [3.63, 3.8) is 0 Å². The number of rotatable bonds is 0. The fourth-order valence-corrected chi connectivity index (χ4v) is 1.50. The first-order valence-corrected chi connectivity index (χ1v) is 4.14. The average molecular weight is 174 g/mol. The van der Waals surface area contributed by atoms with Crippen molar-refractivity contribution in [3.8, 4) is 0 Å². The van der Waals surface area contributed by atoms with Crippen molar-refractivity contribution >= 4 is 17.3 Å². The molecule has 0 radical (unpaired) electrons. The van der Waals surface area contributed by atoms with Gasteiger partial charge >= 0.3 is 0 Å². The number of carbonyl (C=O) groups excluding carboxylic acids is 1. The van der Waals surface area contributed by atoms with Crippen LogP contribution in [0.5, 0.6) is 0 Å². The van der Waals surface area contributed by atoms with E-state index in [1.807, 2.05) is 26.0 Å². The molecule has 3 nitrogen and oxygen atoms in total. The van der Waals surface area contributed by atoms with Crippen LogP contribution < -0.4 is 5.32 Å². The van der Waals surface area contributed by atoms with Crippen molar-refractivity contribution in [2.24, 2.45) is 0 Å². The molecular formula is C10H10N2O. The third-order valence-electron chi connectivity index (χ3n) is 2.04. The molecule has 13 heavy (non-hydrogen) atoms. The fourth-order valence-electron chi connectivity index (χ4n) is 1.50. The minimum absolute atomic E-state index is 0.0475. The van der Waals surface area contributed by atoms with Gasteiger partial charge in [0.1, 0.15) is 5.82 Å². The fraction of sp³-hybridized carbons (Fsp3) is 0.200. The van der Waals surface area contributed by atoms with E-state index in [1.54, 1.807) is 6.20 Å². The number of aromatic nitrogens is 1. The monoisotopic (exact) mass is 174 g/mol. The van der Waals surface area contributed by atoms with Gasteiger partial charge in [0.15, 0.2) is 0 Å². The third-order valence-corrected chi connectivity index (χ3v) is 2.04. The van der Waals surface area contributed by atoms with Gasteiger partial charge in [-0.2, -0.15) is 0 Å². The Hall–Kier alpha value is -1.64. The molecule has 1 amide bonds. The summed E-state index contributed by atoms with van der Waals surface area (Å²) in [5.41, 5.74) is 2.68. The first kappa shape index (κ1) is 7.98. The lowest BCUT2D eigenvalue weighted by Gasteiger charge is -1.97. The van der Waals surface area contributed by atoms with Crippen LogP contribution >= 0.6 is 0 Å². The molecule has 2 heterocycles. The Morgan fingerprint density at radius 3 is 2.92 bits per heavy atom. The van der Waals surface area contributed by atoms with Crippen molar-refractivity contribution in [1.29, 1.82) is 0 Å². The smallest absolute Gasteiger partial charge is 0.257 e. The number of nitrogens with one attached hydrogen (secondary N) is 1. The highest BCUT2D eigenvalue weighted by atomic mass is 16.2. The standard InChI is InChI=1S/C10H10N2O/c1-6(2)8-7-4-3-5-11-9(7)12-10(8)13/h3-5H,1-2H3,(H,11,12,13). The summed E-state index contributed by atoms with van der Waals surface area (Å²) < 4.78 is 0. The summed E-state index contributed by atoms with van der Waals surface area (Å²) in [5, 5.41) is 2.72. The zero-order chi connectivity index (χ0) is 9.42. The highest BCUT2D eigenvalue weighted by Crippen LogP contribution is 2.31. The lowest BCUT2D eigenvalue weighted by Crippen LogP contribution is -2.05. The summed E-state index contributed by atoms with van der Waals surface area (Å²) >= 11 is 0. The maximum Gasteiger partial charge on any atom is 0.257 e. The third kappa shape index (κ3) is 1.13. The molecule has 3 heteroatoms. The van der Waals surface area contributed by atoms with E-state index >= 15 is 0 Å². The highest BCUT2D eigenvalue weighted by Gasteiger charge is 2.25. The van der Waals surface area contributed by atoms with Crippen LogP contribution in [0.3, 0.4) is 0 Å². The van der Waals surface area contributed by atoms with E-state index in [-0.39, 0.29) is 5.91 Å². The predicted molar refractivity (Wildman–Crippen MR) is 51.1 cm³/mol. The molecule has 1 aromatic rings.